The summed E-state index contributed by atoms with van der Waals surface area (Å²) in [6.45, 7) is 5.07. The first kappa shape index (κ1) is 21.9. The molecule has 0 aromatic heterocycles. The van der Waals surface area contributed by atoms with Crippen LogP contribution in [0, 0.1) is 23.7 Å². The summed E-state index contributed by atoms with van der Waals surface area (Å²) in [4.78, 5) is 12.1. The molecule has 6 heteroatoms. The van der Waals surface area contributed by atoms with Gasteiger partial charge in [0.15, 0.2) is 0 Å². The van der Waals surface area contributed by atoms with E-state index in [9.17, 15) is 0 Å². The summed E-state index contributed by atoms with van der Waals surface area (Å²) in [5.74, 6) is 2.45. The fraction of sp³-hybridized carbons (Fsp3) is 0.481. The zero-order chi connectivity index (χ0) is 22.6. The highest BCUT2D eigenvalue weighted by Gasteiger charge is 2.61. The summed E-state index contributed by atoms with van der Waals surface area (Å²) in [5.41, 5.74) is 2.44. The molecule has 1 atom stereocenters. The Morgan fingerprint density at radius 2 is 1.70 bits per heavy atom. The van der Waals surface area contributed by atoms with Gasteiger partial charge in [0.2, 0.25) is 5.79 Å². The second kappa shape index (κ2) is 8.58. The number of ether oxygens (including phenoxy) is 2. The minimum atomic E-state index is -0.594. The van der Waals surface area contributed by atoms with Gasteiger partial charge in [0, 0.05) is 22.4 Å². The van der Waals surface area contributed by atoms with Gasteiger partial charge in [-0.25, -0.2) is 4.89 Å². The normalized spacial score (nSPS) is 34.5. The Hall–Kier alpha value is -1.56. The Morgan fingerprint density at radius 3 is 2.33 bits per heavy atom. The number of hydrogen-bond acceptors (Lipinski definition) is 4. The van der Waals surface area contributed by atoms with Crippen molar-refractivity contribution >= 4 is 28.8 Å². The standard InChI is InChI=1S/C27H28Cl2O4/c1-16(23-12-22(28)13-24(29)26(23)30-14-17-5-3-2-4-6-17)25-15-31-27(33-32-25)20-8-18-7-19(10-20)11-21(27)9-18/h2-6,12-13,18-21,25H,1,7-11,14-15H2. The van der Waals surface area contributed by atoms with Crippen LogP contribution in [0.5, 0.6) is 5.75 Å². The summed E-state index contributed by atoms with van der Waals surface area (Å²) >= 11 is 12.9. The number of benzene rings is 2. The molecule has 1 saturated heterocycles. The zero-order valence-corrected chi connectivity index (χ0v) is 20.0. The Labute approximate surface area is 204 Å². The van der Waals surface area contributed by atoms with Gasteiger partial charge >= 0.3 is 0 Å². The van der Waals surface area contributed by atoms with Crippen LogP contribution < -0.4 is 4.74 Å². The van der Waals surface area contributed by atoms with E-state index in [4.69, 9.17) is 42.5 Å². The third kappa shape index (κ3) is 3.90. The van der Waals surface area contributed by atoms with Crippen molar-refractivity contribution in [2.45, 2.75) is 50.6 Å². The van der Waals surface area contributed by atoms with E-state index in [2.05, 4.69) is 6.58 Å². The van der Waals surface area contributed by atoms with Crippen molar-refractivity contribution in [3.05, 3.63) is 70.2 Å². The minimum absolute atomic E-state index is 0.385. The fourth-order valence-electron chi connectivity index (χ4n) is 6.61. The molecule has 174 valence electrons. The molecule has 0 N–H and O–H groups in total. The maximum atomic E-state index is 6.53. The lowest BCUT2D eigenvalue weighted by molar-refractivity contribution is -0.517. The Kier molecular flexibility index (Phi) is 5.71. The predicted molar refractivity (Wildman–Crippen MR) is 128 cm³/mol. The SMILES string of the molecule is C=C(c1cc(Cl)cc(Cl)c1OCc1ccccc1)C1COC2(OO1)C1CC3CC(C1)CC2C3. The Balaban J connectivity index is 1.19. The van der Waals surface area contributed by atoms with Crippen molar-refractivity contribution < 1.29 is 19.2 Å². The Bertz CT molecular complexity index is 1020. The van der Waals surface area contributed by atoms with E-state index in [1.54, 1.807) is 6.07 Å². The average Bonchev–Trinajstić information content (AvgIpc) is 2.82. The summed E-state index contributed by atoms with van der Waals surface area (Å²) in [6.07, 6.45) is 5.66. The second-order valence-electron chi connectivity index (χ2n) is 10.1. The lowest BCUT2D eigenvalue weighted by Gasteiger charge is -2.60. The van der Waals surface area contributed by atoms with Gasteiger partial charge < -0.3 is 9.47 Å². The van der Waals surface area contributed by atoms with Gasteiger partial charge in [-0.1, -0.05) is 60.1 Å². The van der Waals surface area contributed by atoms with E-state index in [1.165, 1.54) is 32.1 Å². The summed E-state index contributed by atoms with van der Waals surface area (Å²) < 4.78 is 12.6. The third-order valence-corrected chi connectivity index (χ3v) is 8.50. The first-order valence-electron chi connectivity index (χ1n) is 11.8. The Morgan fingerprint density at radius 1 is 1.00 bits per heavy atom. The van der Waals surface area contributed by atoms with Crippen LogP contribution in [0.2, 0.25) is 10.0 Å². The third-order valence-electron chi connectivity index (χ3n) is 8.00. The van der Waals surface area contributed by atoms with Crippen LogP contribution in [0.4, 0.5) is 0 Å². The van der Waals surface area contributed by atoms with Crippen LogP contribution in [0.15, 0.2) is 49.0 Å². The van der Waals surface area contributed by atoms with Gasteiger partial charge in [-0.3, -0.25) is 0 Å². The molecule has 33 heavy (non-hydrogen) atoms. The van der Waals surface area contributed by atoms with Crippen molar-refractivity contribution in [3.63, 3.8) is 0 Å². The van der Waals surface area contributed by atoms with Gasteiger partial charge in [-0.05, 0) is 67.2 Å². The summed E-state index contributed by atoms with van der Waals surface area (Å²) in [7, 11) is 0. The van der Waals surface area contributed by atoms with Crippen molar-refractivity contribution in [1.82, 2.24) is 0 Å². The summed E-state index contributed by atoms with van der Waals surface area (Å²) in [5, 5.41) is 0.947. The van der Waals surface area contributed by atoms with Crippen LogP contribution in [0.25, 0.3) is 5.57 Å². The number of hydrogen-bond donors (Lipinski definition) is 0. The first-order chi connectivity index (χ1) is 16.0. The molecule has 1 aliphatic heterocycles. The van der Waals surface area contributed by atoms with E-state index in [1.807, 2.05) is 36.4 Å². The molecule has 4 aliphatic carbocycles. The fourth-order valence-corrected chi connectivity index (χ4v) is 7.16. The van der Waals surface area contributed by atoms with Crippen LogP contribution in [0.3, 0.4) is 0 Å². The largest absolute Gasteiger partial charge is 0.487 e. The zero-order valence-electron chi connectivity index (χ0n) is 18.5. The molecular formula is C27H28Cl2O4. The second-order valence-corrected chi connectivity index (χ2v) is 10.9. The molecule has 0 radical (unpaired) electrons. The quantitative estimate of drug-likeness (QED) is 0.422. The average molecular weight is 487 g/mol. The molecule has 4 saturated carbocycles. The van der Waals surface area contributed by atoms with Gasteiger partial charge in [-0.15, -0.1) is 0 Å². The molecule has 4 bridgehead atoms. The highest BCUT2D eigenvalue weighted by atomic mass is 35.5. The molecule has 1 unspecified atom stereocenters. The van der Waals surface area contributed by atoms with Crippen molar-refractivity contribution in [2.24, 2.45) is 23.7 Å². The molecule has 1 heterocycles. The smallest absolute Gasteiger partial charge is 0.207 e. The lowest BCUT2D eigenvalue weighted by atomic mass is 9.53. The van der Waals surface area contributed by atoms with E-state index in [0.717, 1.165) is 17.4 Å². The predicted octanol–water partition coefficient (Wildman–Crippen LogP) is 7.09. The van der Waals surface area contributed by atoms with Crippen LogP contribution in [0.1, 0.15) is 43.2 Å². The molecule has 2 aromatic carbocycles. The molecule has 2 aromatic rings. The van der Waals surface area contributed by atoms with E-state index in [0.29, 0.717) is 52.0 Å². The molecule has 1 spiro atoms. The molecule has 5 aliphatic rings. The van der Waals surface area contributed by atoms with Crippen molar-refractivity contribution in [2.75, 3.05) is 6.61 Å². The van der Waals surface area contributed by atoms with Crippen molar-refractivity contribution in [1.29, 1.82) is 0 Å². The van der Waals surface area contributed by atoms with E-state index >= 15 is 0 Å². The molecule has 7 rings (SSSR count). The molecule has 4 nitrogen and oxygen atoms in total. The van der Waals surface area contributed by atoms with Gasteiger partial charge in [-0.2, -0.15) is 4.89 Å². The highest BCUT2D eigenvalue weighted by molar-refractivity contribution is 6.36. The number of halogens is 2. The maximum Gasteiger partial charge on any atom is 0.207 e. The van der Waals surface area contributed by atoms with Crippen molar-refractivity contribution in [3.8, 4) is 5.75 Å². The molecular weight excluding hydrogens is 459 g/mol. The minimum Gasteiger partial charge on any atom is -0.487 e. The van der Waals surface area contributed by atoms with Crippen LogP contribution in [-0.2, 0) is 21.1 Å². The van der Waals surface area contributed by atoms with E-state index in [-0.39, 0.29) is 0 Å². The molecule has 5 fully saturated rings. The maximum absolute atomic E-state index is 6.53. The van der Waals surface area contributed by atoms with Gasteiger partial charge in [0.05, 0.1) is 11.6 Å². The summed E-state index contributed by atoms with van der Waals surface area (Å²) in [6, 6.07) is 13.4. The highest BCUT2D eigenvalue weighted by Crippen LogP contribution is 2.61. The molecule has 0 amide bonds. The van der Waals surface area contributed by atoms with Gasteiger partial charge in [0.1, 0.15) is 18.5 Å². The van der Waals surface area contributed by atoms with Crippen LogP contribution in [-0.4, -0.2) is 18.5 Å². The lowest BCUT2D eigenvalue weighted by Crippen LogP contribution is -2.63. The van der Waals surface area contributed by atoms with E-state index < -0.39 is 11.9 Å². The monoisotopic (exact) mass is 486 g/mol. The number of rotatable bonds is 5. The van der Waals surface area contributed by atoms with Gasteiger partial charge in [0.25, 0.3) is 0 Å². The topological polar surface area (TPSA) is 36.9 Å². The first-order valence-corrected chi connectivity index (χ1v) is 12.6. The van der Waals surface area contributed by atoms with Crippen LogP contribution >= 0.6 is 23.2 Å².